The molecule has 0 aliphatic carbocycles. The van der Waals surface area contributed by atoms with Crippen LogP contribution in [0.5, 0.6) is 0 Å². The van der Waals surface area contributed by atoms with Crippen LogP contribution < -0.4 is 5.32 Å². The molecule has 6 nitrogen and oxygen atoms in total. The maximum atomic E-state index is 13.1. The molecule has 2 rings (SSSR count). The highest BCUT2D eigenvalue weighted by atomic mass is 19.1. The molecule has 0 aliphatic rings. The Kier molecular flexibility index (Phi) is 7.06. The molecule has 0 radical (unpaired) electrons. The molecule has 0 saturated heterocycles. The van der Waals surface area contributed by atoms with Gasteiger partial charge in [-0.1, -0.05) is 32.9 Å². The second kappa shape index (κ2) is 8.98. The quantitative estimate of drug-likeness (QED) is 0.771. The average molecular weight is 417 g/mol. The fraction of sp³-hybridized carbons (Fsp3) is 0.522. The Bertz CT molecular complexity index is 889. The van der Waals surface area contributed by atoms with Crippen LogP contribution in [0.2, 0.25) is 0 Å². The van der Waals surface area contributed by atoms with Gasteiger partial charge in [0.2, 0.25) is 11.8 Å². The third-order valence-electron chi connectivity index (χ3n) is 4.72. The van der Waals surface area contributed by atoms with Crippen LogP contribution in [0.15, 0.2) is 30.3 Å². The summed E-state index contributed by atoms with van der Waals surface area (Å²) in [4.78, 5) is 26.8. The highest BCUT2D eigenvalue weighted by Gasteiger charge is 2.26. The van der Waals surface area contributed by atoms with E-state index in [-0.39, 0.29) is 41.6 Å². The number of nitrogens with zero attached hydrogens (tertiary/aromatic N) is 3. The number of hydrogen-bond donors (Lipinski definition) is 1. The molecule has 0 aliphatic heterocycles. The SMILES string of the molecule is CCN(CC(=O)Nc1cc(C(C)(C)C)nn1C(C)(C)C)C(=O)Cc1ccc(F)cc1. The van der Waals surface area contributed by atoms with E-state index in [1.807, 2.05) is 38.4 Å². The Morgan fingerprint density at radius 3 is 2.20 bits per heavy atom. The molecule has 2 amide bonds. The summed E-state index contributed by atoms with van der Waals surface area (Å²) in [5.74, 6) is -0.198. The molecule has 2 aromatic rings. The van der Waals surface area contributed by atoms with Gasteiger partial charge in [-0.05, 0) is 45.4 Å². The normalized spacial score (nSPS) is 12.0. The summed E-state index contributed by atoms with van der Waals surface area (Å²) in [6, 6.07) is 7.70. The molecule has 0 saturated carbocycles. The van der Waals surface area contributed by atoms with Gasteiger partial charge in [0, 0.05) is 18.0 Å². The highest BCUT2D eigenvalue weighted by Crippen LogP contribution is 2.28. The van der Waals surface area contributed by atoms with Gasteiger partial charge in [-0.2, -0.15) is 5.10 Å². The van der Waals surface area contributed by atoms with Gasteiger partial charge in [-0.15, -0.1) is 0 Å². The maximum Gasteiger partial charge on any atom is 0.245 e. The van der Waals surface area contributed by atoms with E-state index >= 15 is 0 Å². The molecule has 0 unspecified atom stereocenters. The van der Waals surface area contributed by atoms with Crippen molar-refractivity contribution < 1.29 is 14.0 Å². The Balaban J connectivity index is 2.12. The number of likely N-dealkylation sites (N-methyl/N-ethyl adjacent to an activating group) is 1. The first-order chi connectivity index (χ1) is 13.8. The van der Waals surface area contributed by atoms with E-state index in [1.54, 1.807) is 12.1 Å². The summed E-state index contributed by atoms with van der Waals surface area (Å²) in [5.41, 5.74) is 1.12. The number of carbonyl (C=O) groups excluding carboxylic acids is 2. The number of benzene rings is 1. The van der Waals surface area contributed by atoms with Crippen molar-refractivity contribution in [3.05, 3.63) is 47.4 Å². The van der Waals surface area contributed by atoms with Crippen LogP contribution in [0.1, 0.15) is 59.7 Å². The monoisotopic (exact) mass is 416 g/mol. The average Bonchev–Trinajstić information content (AvgIpc) is 3.06. The van der Waals surface area contributed by atoms with Crippen molar-refractivity contribution in [1.29, 1.82) is 0 Å². The summed E-state index contributed by atoms with van der Waals surface area (Å²) in [5, 5.41) is 7.61. The van der Waals surface area contributed by atoms with Gasteiger partial charge in [0.25, 0.3) is 0 Å². The lowest BCUT2D eigenvalue weighted by molar-refractivity contribution is -0.133. The third kappa shape index (κ3) is 6.15. The third-order valence-corrected chi connectivity index (χ3v) is 4.72. The summed E-state index contributed by atoms with van der Waals surface area (Å²) >= 11 is 0. The largest absolute Gasteiger partial charge is 0.333 e. The minimum atomic E-state index is -0.344. The number of amides is 2. The molecule has 1 aromatic heterocycles. The van der Waals surface area contributed by atoms with Crippen molar-refractivity contribution in [2.45, 2.75) is 65.8 Å². The van der Waals surface area contributed by atoms with Crippen molar-refractivity contribution in [3.63, 3.8) is 0 Å². The number of aromatic nitrogens is 2. The summed E-state index contributed by atoms with van der Waals surface area (Å²) in [6.45, 7) is 14.4. The molecule has 30 heavy (non-hydrogen) atoms. The van der Waals surface area contributed by atoms with Crippen LogP contribution in [0, 0.1) is 5.82 Å². The summed E-state index contributed by atoms with van der Waals surface area (Å²) in [7, 11) is 0. The van der Waals surface area contributed by atoms with Gasteiger partial charge in [-0.25, -0.2) is 9.07 Å². The van der Waals surface area contributed by atoms with E-state index in [9.17, 15) is 14.0 Å². The first-order valence-electron chi connectivity index (χ1n) is 10.2. The first kappa shape index (κ1) is 23.6. The van der Waals surface area contributed by atoms with Gasteiger partial charge < -0.3 is 10.2 Å². The number of carbonyl (C=O) groups is 2. The molecule has 164 valence electrons. The van der Waals surface area contributed by atoms with Gasteiger partial charge in [0.15, 0.2) is 0 Å². The summed E-state index contributed by atoms with van der Waals surface area (Å²) < 4.78 is 14.9. The fourth-order valence-corrected chi connectivity index (χ4v) is 2.97. The van der Waals surface area contributed by atoms with E-state index in [1.165, 1.54) is 17.0 Å². The number of rotatable bonds is 6. The fourth-order valence-electron chi connectivity index (χ4n) is 2.97. The Hall–Kier alpha value is -2.70. The number of halogens is 1. The van der Waals surface area contributed by atoms with E-state index in [0.29, 0.717) is 17.9 Å². The second-order valence-corrected chi connectivity index (χ2v) is 9.51. The van der Waals surface area contributed by atoms with Crippen molar-refractivity contribution in [2.24, 2.45) is 0 Å². The standard InChI is InChI=1S/C23H33FN4O2/c1-8-27(21(30)13-16-9-11-17(24)12-10-16)15-20(29)25-19-14-18(22(2,3)4)26-28(19)23(5,6)7/h9-12,14H,8,13,15H2,1-7H3,(H,25,29). The van der Waals surface area contributed by atoms with Gasteiger partial charge in [0.1, 0.15) is 11.6 Å². The van der Waals surface area contributed by atoms with Crippen LogP contribution in [0.4, 0.5) is 10.2 Å². The smallest absolute Gasteiger partial charge is 0.245 e. The van der Waals surface area contributed by atoms with Crippen molar-refractivity contribution in [3.8, 4) is 0 Å². The Morgan fingerprint density at radius 2 is 1.70 bits per heavy atom. The van der Waals surface area contributed by atoms with E-state index < -0.39 is 0 Å². The minimum Gasteiger partial charge on any atom is -0.333 e. The van der Waals surface area contributed by atoms with Gasteiger partial charge in [-0.3, -0.25) is 9.59 Å². The maximum absolute atomic E-state index is 13.1. The molecule has 0 spiro atoms. The van der Waals surface area contributed by atoms with Crippen LogP contribution in [-0.4, -0.2) is 39.6 Å². The zero-order valence-corrected chi connectivity index (χ0v) is 19.0. The van der Waals surface area contributed by atoms with Crippen LogP contribution in [-0.2, 0) is 27.0 Å². The predicted octanol–water partition coefficient (Wildman–Crippen LogP) is 4.10. The first-order valence-corrected chi connectivity index (χ1v) is 10.2. The minimum absolute atomic E-state index is 0.0588. The highest BCUT2D eigenvalue weighted by molar-refractivity contribution is 5.94. The number of hydrogen-bond acceptors (Lipinski definition) is 3. The lowest BCUT2D eigenvalue weighted by Gasteiger charge is -2.24. The molecule has 0 atom stereocenters. The molecule has 1 aromatic carbocycles. The van der Waals surface area contributed by atoms with E-state index in [4.69, 9.17) is 5.10 Å². The Morgan fingerprint density at radius 1 is 1.10 bits per heavy atom. The molecule has 1 heterocycles. The van der Waals surface area contributed by atoms with E-state index in [0.717, 1.165) is 5.69 Å². The topological polar surface area (TPSA) is 67.2 Å². The lowest BCUT2D eigenvalue weighted by atomic mass is 9.92. The van der Waals surface area contributed by atoms with Crippen molar-refractivity contribution in [1.82, 2.24) is 14.7 Å². The zero-order valence-electron chi connectivity index (χ0n) is 19.0. The van der Waals surface area contributed by atoms with E-state index in [2.05, 4.69) is 26.1 Å². The van der Waals surface area contributed by atoms with Crippen molar-refractivity contribution >= 4 is 17.6 Å². The number of anilines is 1. The molecule has 0 fully saturated rings. The predicted molar refractivity (Wildman–Crippen MR) is 117 cm³/mol. The van der Waals surface area contributed by atoms with Gasteiger partial charge in [0.05, 0.1) is 24.2 Å². The molecule has 7 heteroatoms. The molecular formula is C23H33FN4O2. The summed E-state index contributed by atoms with van der Waals surface area (Å²) in [6.07, 6.45) is 0.121. The van der Waals surface area contributed by atoms with Crippen LogP contribution in [0.25, 0.3) is 0 Å². The van der Waals surface area contributed by atoms with Crippen molar-refractivity contribution in [2.75, 3.05) is 18.4 Å². The Labute approximate surface area is 178 Å². The molecule has 1 N–H and O–H groups in total. The van der Waals surface area contributed by atoms with Gasteiger partial charge >= 0.3 is 0 Å². The number of nitrogens with one attached hydrogen (secondary N) is 1. The lowest BCUT2D eigenvalue weighted by Crippen LogP contribution is -2.39. The second-order valence-electron chi connectivity index (χ2n) is 9.51. The zero-order chi connectivity index (χ0) is 22.7. The van der Waals surface area contributed by atoms with Crippen LogP contribution >= 0.6 is 0 Å². The molecular weight excluding hydrogens is 383 g/mol. The van der Waals surface area contributed by atoms with Crippen LogP contribution in [0.3, 0.4) is 0 Å². The molecule has 0 bridgehead atoms.